The van der Waals surface area contributed by atoms with Gasteiger partial charge in [0.25, 0.3) is 0 Å². The first-order valence-corrected chi connectivity index (χ1v) is 8.58. The van der Waals surface area contributed by atoms with E-state index >= 15 is 0 Å². The summed E-state index contributed by atoms with van der Waals surface area (Å²) in [5.41, 5.74) is 9.73. The second-order valence-electron chi connectivity index (χ2n) is 6.15. The van der Waals surface area contributed by atoms with Gasteiger partial charge in [0.1, 0.15) is 0 Å². The highest BCUT2D eigenvalue weighted by atomic mass is 16.5. The van der Waals surface area contributed by atoms with Crippen molar-refractivity contribution in [1.82, 2.24) is 14.6 Å². The Kier molecular flexibility index (Phi) is 4.41. The van der Waals surface area contributed by atoms with Crippen LogP contribution >= 0.6 is 0 Å². The van der Waals surface area contributed by atoms with E-state index in [4.69, 9.17) is 20.3 Å². The largest absolute Gasteiger partial charge is 0.493 e. The molecule has 140 valence electrons. The fourth-order valence-corrected chi connectivity index (χ4v) is 3.05. The Bertz CT molecular complexity index is 1180. The number of benzene rings is 2. The predicted octanol–water partition coefficient (Wildman–Crippen LogP) is 3.18. The second kappa shape index (κ2) is 7.03. The summed E-state index contributed by atoms with van der Waals surface area (Å²) in [4.78, 5) is 15.9. The molecule has 2 heterocycles. The Morgan fingerprint density at radius 1 is 0.964 bits per heavy atom. The van der Waals surface area contributed by atoms with Crippen molar-refractivity contribution in [2.75, 3.05) is 14.2 Å². The van der Waals surface area contributed by atoms with E-state index in [0.29, 0.717) is 28.4 Å². The summed E-state index contributed by atoms with van der Waals surface area (Å²) in [5, 5.41) is 4.71. The van der Waals surface area contributed by atoms with Gasteiger partial charge in [-0.3, -0.25) is 4.79 Å². The zero-order chi connectivity index (χ0) is 19.7. The normalized spacial score (nSPS) is 10.8. The molecule has 2 aromatic heterocycles. The third kappa shape index (κ3) is 3.03. The smallest absolute Gasteiger partial charge is 0.248 e. The van der Waals surface area contributed by atoms with Crippen molar-refractivity contribution < 1.29 is 14.3 Å². The van der Waals surface area contributed by atoms with Crippen molar-refractivity contribution in [1.29, 1.82) is 0 Å². The van der Waals surface area contributed by atoms with Crippen LogP contribution in [0.1, 0.15) is 10.4 Å². The summed E-state index contributed by atoms with van der Waals surface area (Å²) in [5.74, 6) is 0.800. The lowest BCUT2D eigenvalue weighted by molar-refractivity contribution is 0.100. The predicted molar refractivity (Wildman–Crippen MR) is 105 cm³/mol. The topological polar surface area (TPSA) is 91.7 Å². The number of fused-ring (bicyclic) bond motifs is 1. The van der Waals surface area contributed by atoms with Crippen LogP contribution in [-0.2, 0) is 0 Å². The summed E-state index contributed by atoms with van der Waals surface area (Å²) >= 11 is 0. The third-order valence-electron chi connectivity index (χ3n) is 4.48. The van der Waals surface area contributed by atoms with Gasteiger partial charge >= 0.3 is 0 Å². The Labute approximate surface area is 161 Å². The molecule has 0 saturated carbocycles. The summed E-state index contributed by atoms with van der Waals surface area (Å²) in [6.07, 6.45) is 1.76. The molecule has 1 amide bonds. The van der Waals surface area contributed by atoms with Crippen LogP contribution < -0.4 is 15.2 Å². The Hall–Kier alpha value is -3.87. The van der Waals surface area contributed by atoms with Gasteiger partial charge in [-0.1, -0.05) is 12.1 Å². The van der Waals surface area contributed by atoms with Crippen LogP contribution in [0.5, 0.6) is 11.5 Å². The van der Waals surface area contributed by atoms with E-state index in [2.05, 4.69) is 4.98 Å². The molecule has 7 nitrogen and oxygen atoms in total. The van der Waals surface area contributed by atoms with Crippen molar-refractivity contribution in [3.63, 3.8) is 0 Å². The lowest BCUT2D eigenvalue weighted by Crippen LogP contribution is -2.10. The maximum Gasteiger partial charge on any atom is 0.248 e. The number of hydrogen-bond acceptors (Lipinski definition) is 5. The van der Waals surface area contributed by atoms with Gasteiger partial charge in [-0.05, 0) is 42.5 Å². The van der Waals surface area contributed by atoms with Gasteiger partial charge in [-0.2, -0.15) is 5.10 Å². The first-order chi connectivity index (χ1) is 13.6. The van der Waals surface area contributed by atoms with E-state index in [1.165, 1.54) is 0 Å². The quantitative estimate of drug-likeness (QED) is 0.579. The van der Waals surface area contributed by atoms with Crippen LogP contribution in [0, 0.1) is 0 Å². The number of primary amides is 1. The number of nitrogens with zero attached hydrogens (tertiary/aromatic N) is 3. The molecule has 0 aliphatic carbocycles. The number of aromatic nitrogens is 3. The average Bonchev–Trinajstić information content (AvgIpc) is 3.16. The summed E-state index contributed by atoms with van der Waals surface area (Å²) < 4.78 is 12.5. The number of ether oxygens (including phenoxy) is 2. The summed E-state index contributed by atoms with van der Waals surface area (Å²) in [6.45, 7) is 0. The van der Waals surface area contributed by atoms with Gasteiger partial charge < -0.3 is 15.2 Å². The van der Waals surface area contributed by atoms with Gasteiger partial charge in [-0.15, -0.1) is 0 Å². The van der Waals surface area contributed by atoms with Crippen LogP contribution in [0.2, 0.25) is 0 Å². The molecule has 4 rings (SSSR count). The molecule has 0 spiro atoms. The van der Waals surface area contributed by atoms with Crippen molar-refractivity contribution in [2.45, 2.75) is 0 Å². The molecule has 0 saturated heterocycles. The van der Waals surface area contributed by atoms with Gasteiger partial charge in [0.05, 0.1) is 31.8 Å². The SMILES string of the molecule is COc1ccc(-c2cnc3ccc(-c4cccc(C(N)=O)c4)nn23)cc1OC. The molecule has 0 bridgehead atoms. The van der Waals surface area contributed by atoms with E-state index in [-0.39, 0.29) is 0 Å². The number of carbonyl (C=O) groups is 1. The number of methoxy groups -OCH3 is 2. The highest BCUT2D eigenvalue weighted by Gasteiger charge is 2.12. The van der Waals surface area contributed by atoms with Crippen LogP contribution in [0.4, 0.5) is 0 Å². The van der Waals surface area contributed by atoms with Gasteiger partial charge in [0, 0.05) is 16.7 Å². The molecule has 2 N–H and O–H groups in total. The minimum atomic E-state index is -0.475. The molecule has 28 heavy (non-hydrogen) atoms. The van der Waals surface area contributed by atoms with E-state index in [9.17, 15) is 4.79 Å². The number of hydrogen-bond donors (Lipinski definition) is 1. The van der Waals surface area contributed by atoms with Gasteiger partial charge in [0.2, 0.25) is 5.91 Å². The molecular weight excluding hydrogens is 356 g/mol. The van der Waals surface area contributed by atoms with Crippen LogP contribution in [0.3, 0.4) is 0 Å². The first kappa shape index (κ1) is 17.5. The summed E-state index contributed by atoms with van der Waals surface area (Å²) in [6, 6.07) is 16.5. The molecule has 0 aliphatic heterocycles. The molecule has 7 heteroatoms. The van der Waals surface area contributed by atoms with E-state index in [0.717, 1.165) is 16.8 Å². The fraction of sp³-hybridized carbons (Fsp3) is 0.0952. The minimum Gasteiger partial charge on any atom is -0.493 e. The third-order valence-corrected chi connectivity index (χ3v) is 4.48. The monoisotopic (exact) mass is 374 g/mol. The van der Waals surface area contributed by atoms with Gasteiger partial charge in [0.15, 0.2) is 17.1 Å². The number of amides is 1. The van der Waals surface area contributed by atoms with E-state index in [1.54, 1.807) is 43.1 Å². The number of nitrogens with two attached hydrogens (primary N) is 1. The fourth-order valence-electron chi connectivity index (χ4n) is 3.05. The zero-order valence-electron chi connectivity index (χ0n) is 15.4. The number of imidazole rings is 1. The molecule has 0 radical (unpaired) electrons. The first-order valence-electron chi connectivity index (χ1n) is 8.58. The highest BCUT2D eigenvalue weighted by Crippen LogP contribution is 2.32. The Balaban J connectivity index is 1.83. The maximum atomic E-state index is 11.5. The lowest BCUT2D eigenvalue weighted by atomic mass is 10.1. The van der Waals surface area contributed by atoms with E-state index < -0.39 is 5.91 Å². The molecule has 0 unspecified atom stereocenters. The van der Waals surface area contributed by atoms with Crippen LogP contribution in [-0.4, -0.2) is 34.7 Å². The van der Waals surface area contributed by atoms with Crippen molar-refractivity contribution in [2.24, 2.45) is 5.73 Å². The van der Waals surface area contributed by atoms with Crippen molar-refractivity contribution >= 4 is 11.6 Å². The van der Waals surface area contributed by atoms with Crippen LogP contribution in [0.15, 0.2) is 60.8 Å². The van der Waals surface area contributed by atoms with Crippen LogP contribution in [0.25, 0.3) is 28.2 Å². The molecule has 0 aliphatic rings. The molecule has 0 atom stereocenters. The minimum absolute atomic E-state index is 0.435. The zero-order valence-corrected chi connectivity index (χ0v) is 15.4. The number of carbonyl (C=O) groups excluding carboxylic acids is 1. The van der Waals surface area contributed by atoms with Crippen molar-refractivity contribution in [3.8, 4) is 34.0 Å². The lowest BCUT2D eigenvalue weighted by Gasteiger charge is -2.10. The molecule has 4 aromatic rings. The average molecular weight is 374 g/mol. The number of rotatable bonds is 5. The van der Waals surface area contributed by atoms with Gasteiger partial charge in [-0.25, -0.2) is 9.50 Å². The molecular formula is C21H18N4O3. The second-order valence-corrected chi connectivity index (χ2v) is 6.15. The van der Waals surface area contributed by atoms with E-state index in [1.807, 2.05) is 36.4 Å². The molecule has 2 aromatic carbocycles. The highest BCUT2D eigenvalue weighted by molar-refractivity contribution is 5.94. The standard InChI is InChI=1S/C21H18N4O3/c1-27-18-8-6-14(11-19(18)28-2)17-12-23-20-9-7-16(24-25(17)20)13-4-3-5-15(10-13)21(22)26/h3-12H,1-2H3,(H2,22,26). The molecule has 0 fully saturated rings. The Morgan fingerprint density at radius 2 is 1.79 bits per heavy atom. The summed E-state index contributed by atoms with van der Waals surface area (Å²) in [7, 11) is 3.19. The Morgan fingerprint density at radius 3 is 2.54 bits per heavy atom. The maximum absolute atomic E-state index is 11.5. The van der Waals surface area contributed by atoms with Crippen molar-refractivity contribution in [3.05, 3.63) is 66.4 Å².